The van der Waals surface area contributed by atoms with Gasteiger partial charge in [-0.25, -0.2) is 0 Å². The molecule has 2 fully saturated rings. The van der Waals surface area contributed by atoms with E-state index in [4.69, 9.17) is 10.5 Å². The van der Waals surface area contributed by atoms with Crippen LogP contribution >= 0.6 is 0 Å². The van der Waals surface area contributed by atoms with Crippen LogP contribution in [0, 0.1) is 5.92 Å². The van der Waals surface area contributed by atoms with E-state index in [9.17, 15) is 4.79 Å². The summed E-state index contributed by atoms with van der Waals surface area (Å²) in [7, 11) is 0. The van der Waals surface area contributed by atoms with Crippen molar-refractivity contribution in [3.8, 4) is 0 Å². The molecule has 1 amide bonds. The summed E-state index contributed by atoms with van der Waals surface area (Å²) in [6.07, 6.45) is 4.87. The molecule has 3 N–H and O–H groups in total. The largest absolute Gasteiger partial charge is 0.378 e. The second kappa shape index (κ2) is 7.38. The number of nitrogens with one attached hydrogen (secondary N) is 1. The fraction of sp³-hybridized carbons (Fsp3) is 0.933. The Morgan fingerprint density at radius 1 is 1.40 bits per heavy atom. The quantitative estimate of drug-likeness (QED) is 0.798. The van der Waals surface area contributed by atoms with Gasteiger partial charge in [-0.2, -0.15) is 0 Å². The summed E-state index contributed by atoms with van der Waals surface area (Å²) < 4.78 is 5.54. The molecule has 0 aromatic carbocycles. The minimum absolute atomic E-state index is 0.0982. The predicted molar refractivity (Wildman–Crippen MR) is 79.4 cm³/mol. The van der Waals surface area contributed by atoms with Crippen LogP contribution in [0.4, 0.5) is 0 Å². The van der Waals surface area contributed by atoms with Crippen molar-refractivity contribution in [1.29, 1.82) is 0 Å². The van der Waals surface area contributed by atoms with Crippen LogP contribution in [0.1, 0.15) is 39.5 Å². The van der Waals surface area contributed by atoms with E-state index in [2.05, 4.69) is 10.2 Å². The number of carbonyl (C=O) groups excluding carboxylic acids is 1. The van der Waals surface area contributed by atoms with Crippen molar-refractivity contribution in [2.24, 2.45) is 11.7 Å². The third kappa shape index (κ3) is 3.71. The van der Waals surface area contributed by atoms with Crippen molar-refractivity contribution in [3.63, 3.8) is 0 Å². The van der Waals surface area contributed by atoms with Crippen LogP contribution in [0.15, 0.2) is 0 Å². The Bertz CT molecular complexity index is 322. The highest BCUT2D eigenvalue weighted by molar-refractivity contribution is 5.82. The van der Waals surface area contributed by atoms with Crippen LogP contribution in [-0.4, -0.2) is 55.2 Å². The molecular weight excluding hydrogens is 254 g/mol. The second-order valence-electron chi connectivity index (χ2n) is 6.34. The van der Waals surface area contributed by atoms with Gasteiger partial charge in [-0.3, -0.25) is 9.69 Å². The zero-order valence-electron chi connectivity index (χ0n) is 12.8. The molecule has 116 valence electrons. The zero-order valence-corrected chi connectivity index (χ0v) is 12.8. The Morgan fingerprint density at radius 3 is 2.85 bits per heavy atom. The number of nitrogens with zero attached hydrogens (tertiary/aromatic N) is 1. The first-order valence-electron chi connectivity index (χ1n) is 7.97. The van der Waals surface area contributed by atoms with Gasteiger partial charge < -0.3 is 15.8 Å². The van der Waals surface area contributed by atoms with Gasteiger partial charge in [0.15, 0.2) is 0 Å². The van der Waals surface area contributed by atoms with Crippen molar-refractivity contribution < 1.29 is 9.53 Å². The lowest BCUT2D eigenvalue weighted by Crippen LogP contribution is -2.60. The van der Waals surface area contributed by atoms with E-state index < -0.39 is 0 Å². The number of amides is 1. The van der Waals surface area contributed by atoms with Gasteiger partial charge in [0.05, 0.1) is 13.2 Å². The normalized spacial score (nSPS) is 32.3. The maximum atomic E-state index is 12.4. The average molecular weight is 283 g/mol. The van der Waals surface area contributed by atoms with Crippen LogP contribution in [0.5, 0.6) is 0 Å². The van der Waals surface area contributed by atoms with Crippen molar-refractivity contribution in [1.82, 2.24) is 10.2 Å². The van der Waals surface area contributed by atoms with E-state index in [0.29, 0.717) is 18.6 Å². The molecule has 5 nitrogen and oxygen atoms in total. The van der Waals surface area contributed by atoms with Gasteiger partial charge in [-0.05, 0) is 39.2 Å². The maximum Gasteiger partial charge on any atom is 0.239 e. The molecule has 0 spiro atoms. The molecule has 5 heteroatoms. The number of rotatable bonds is 4. The first kappa shape index (κ1) is 15.7. The Kier molecular flexibility index (Phi) is 5.81. The van der Waals surface area contributed by atoms with Crippen LogP contribution in [0.3, 0.4) is 0 Å². The summed E-state index contributed by atoms with van der Waals surface area (Å²) in [5, 5.41) is 3.02. The molecule has 0 aromatic heterocycles. The molecule has 1 aliphatic heterocycles. The lowest BCUT2D eigenvalue weighted by molar-refractivity contribution is -0.137. The molecule has 0 aromatic rings. The van der Waals surface area contributed by atoms with Gasteiger partial charge in [0.25, 0.3) is 0 Å². The average Bonchev–Trinajstić information content (AvgIpc) is 2.46. The van der Waals surface area contributed by atoms with E-state index in [1.807, 2.05) is 13.8 Å². The molecule has 1 heterocycles. The third-order valence-corrected chi connectivity index (χ3v) is 4.50. The molecule has 2 rings (SSSR count). The Hall–Kier alpha value is -0.650. The molecule has 3 atom stereocenters. The predicted octanol–water partition coefficient (Wildman–Crippen LogP) is 0.729. The summed E-state index contributed by atoms with van der Waals surface area (Å²) in [5.74, 6) is 0.622. The number of hydrogen-bond acceptors (Lipinski definition) is 4. The molecule has 3 unspecified atom stereocenters. The molecule has 20 heavy (non-hydrogen) atoms. The highest BCUT2D eigenvalue weighted by atomic mass is 16.5. The number of carbonyl (C=O) groups is 1. The van der Waals surface area contributed by atoms with Gasteiger partial charge in [-0.1, -0.05) is 12.8 Å². The molecule has 1 saturated heterocycles. The maximum absolute atomic E-state index is 12.4. The Labute approximate surface area is 122 Å². The summed E-state index contributed by atoms with van der Waals surface area (Å²) in [6.45, 7) is 6.79. The van der Waals surface area contributed by atoms with E-state index in [1.54, 1.807) is 0 Å². The zero-order chi connectivity index (χ0) is 14.5. The third-order valence-electron chi connectivity index (χ3n) is 4.50. The molecule has 2 aliphatic rings. The first-order valence-corrected chi connectivity index (χ1v) is 7.97. The monoisotopic (exact) mass is 283 g/mol. The van der Waals surface area contributed by atoms with Crippen molar-refractivity contribution in [2.45, 2.75) is 57.7 Å². The minimum Gasteiger partial charge on any atom is -0.378 e. The van der Waals surface area contributed by atoms with Gasteiger partial charge >= 0.3 is 0 Å². The number of nitrogens with two attached hydrogens (primary N) is 1. The van der Waals surface area contributed by atoms with Crippen LogP contribution in [0.25, 0.3) is 0 Å². The van der Waals surface area contributed by atoms with Crippen molar-refractivity contribution in [2.75, 3.05) is 26.3 Å². The van der Waals surface area contributed by atoms with Crippen LogP contribution < -0.4 is 11.1 Å². The summed E-state index contributed by atoms with van der Waals surface area (Å²) in [5.41, 5.74) is 5.94. The van der Waals surface area contributed by atoms with Gasteiger partial charge in [-0.15, -0.1) is 0 Å². The molecule has 1 saturated carbocycles. The SMILES string of the molecule is CC(C)NC(=O)C1COCCN1C1CCCCC1CN. The lowest BCUT2D eigenvalue weighted by Gasteiger charge is -2.45. The van der Waals surface area contributed by atoms with Gasteiger partial charge in [0.2, 0.25) is 5.91 Å². The van der Waals surface area contributed by atoms with E-state index >= 15 is 0 Å². The molecular formula is C15H29N3O2. The molecule has 0 bridgehead atoms. The summed E-state index contributed by atoms with van der Waals surface area (Å²) in [4.78, 5) is 14.8. The van der Waals surface area contributed by atoms with E-state index in [0.717, 1.165) is 26.1 Å². The lowest BCUT2D eigenvalue weighted by atomic mass is 9.82. The Balaban J connectivity index is 2.07. The topological polar surface area (TPSA) is 67.6 Å². The Morgan fingerprint density at radius 2 is 2.15 bits per heavy atom. The first-order chi connectivity index (χ1) is 9.63. The van der Waals surface area contributed by atoms with E-state index in [-0.39, 0.29) is 18.0 Å². The smallest absolute Gasteiger partial charge is 0.239 e. The minimum atomic E-state index is -0.150. The van der Waals surface area contributed by atoms with E-state index in [1.165, 1.54) is 19.3 Å². The standard InChI is InChI=1S/C15H29N3O2/c1-11(2)17-15(19)14-10-20-8-7-18(14)13-6-4-3-5-12(13)9-16/h11-14H,3-10,16H2,1-2H3,(H,17,19). The van der Waals surface area contributed by atoms with Crippen LogP contribution in [0.2, 0.25) is 0 Å². The fourth-order valence-corrected chi connectivity index (χ4v) is 3.52. The highest BCUT2D eigenvalue weighted by Gasteiger charge is 2.38. The van der Waals surface area contributed by atoms with Crippen LogP contribution in [-0.2, 0) is 9.53 Å². The second-order valence-corrected chi connectivity index (χ2v) is 6.34. The molecule has 1 aliphatic carbocycles. The van der Waals surface area contributed by atoms with Gasteiger partial charge in [0.1, 0.15) is 6.04 Å². The summed E-state index contributed by atoms with van der Waals surface area (Å²) >= 11 is 0. The van der Waals surface area contributed by atoms with Crippen molar-refractivity contribution >= 4 is 5.91 Å². The highest BCUT2D eigenvalue weighted by Crippen LogP contribution is 2.30. The molecule has 0 radical (unpaired) electrons. The summed E-state index contributed by atoms with van der Waals surface area (Å²) in [6, 6.07) is 0.465. The van der Waals surface area contributed by atoms with Crippen molar-refractivity contribution in [3.05, 3.63) is 0 Å². The number of hydrogen-bond donors (Lipinski definition) is 2. The fourth-order valence-electron chi connectivity index (χ4n) is 3.52. The number of ether oxygens (including phenoxy) is 1. The number of morpholine rings is 1. The van der Waals surface area contributed by atoms with Gasteiger partial charge in [0, 0.05) is 18.6 Å².